The van der Waals surface area contributed by atoms with E-state index in [-0.39, 0.29) is 5.91 Å². The number of nitrogens with one attached hydrogen (secondary N) is 1. The lowest BCUT2D eigenvalue weighted by Crippen LogP contribution is -2.23. The summed E-state index contributed by atoms with van der Waals surface area (Å²) >= 11 is 1.39. The number of hydrogen-bond acceptors (Lipinski definition) is 4. The molecule has 0 fully saturated rings. The Hall–Kier alpha value is -3.56. The summed E-state index contributed by atoms with van der Waals surface area (Å²) in [6.07, 6.45) is 0. The molecule has 1 heterocycles. The molecule has 1 N–H and O–H groups in total. The zero-order chi connectivity index (χ0) is 20.2. The van der Waals surface area contributed by atoms with Gasteiger partial charge in [-0.25, -0.2) is 4.98 Å². The van der Waals surface area contributed by atoms with Gasteiger partial charge in [-0.15, -0.1) is 0 Å². The van der Waals surface area contributed by atoms with Crippen molar-refractivity contribution >= 4 is 34.4 Å². The van der Waals surface area contributed by atoms with Gasteiger partial charge in [-0.2, -0.15) is 5.26 Å². The van der Waals surface area contributed by atoms with Crippen molar-refractivity contribution in [2.45, 2.75) is 17.3 Å². The molecule has 5 nitrogen and oxygen atoms in total. The van der Waals surface area contributed by atoms with E-state index in [4.69, 9.17) is 4.98 Å². The third-order valence-corrected chi connectivity index (χ3v) is 5.55. The first kappa shape index (κ1) is 18.8. The lowest BCUT2D eigenvalue weighted by molar-refractivity contribution is -0.115. The third kappa shape index (κ3) is 3.86. The van der Waals surface area contributed by atoms with Crippen molar-refractivity contribution in [2.75, 3.05) is 5.32 Å². The van der Waals surface area contributed by atoms with E-state index in [9.17, 15) is 10.1 Å². The highest BCUT2D eigenvalue weighted by Gasteiger charge is 2.21. The van der Waals surface area contributed by atoms with Crippen molar-refractivity contribution in [2.24, 2.45) is 0 Å². The second-order valence-electron chi connectivity index (χ2n) is 6.46. The standard InChI is InChI=1S/C23H18N4OS/c1-16(22(28)25-19-12-6-5-9-17(19)15-24)29-23-26-20-13-7-8-14-21(20)27(23)18-10-3-2-4-11-18/h2-14,16H,1H3,(H,25,28). The minimum atomic E-state index is -0.402. The van der Waals surface area contributed by atoms with E-state index in [0.717, 1.165) is 21.9 Å². The highest BCUT2D eigenvalue weighted by Crippen LogP contribution is 2.31. The summed E-state index contributed by atoms with van der Waals surface area (Å²) in [5.74, 6) is -0.177. The van der Waals surface area contributed by atoms with Crippen LogP contribution in [0.15, 0.2) is 84.0 Å². The first-order valence-corrected chi connectivity index (χ1v) is 10.0. The van der Waals surface area contributed by atoms with Gasteiger partial charge in [-0.05, 0) is 43.3 Å². The summed E-state index contributed by atoms with van der Waals surface area (Å²) in [5.41, 5.74) is 3.81. The average molecular weight is 398 g/mol. The number of aromatic nitrogens is 2. The zero-order valence-corrected chi connectivity index (χ0v) is 16.6. The van der Waals surface area contributed by atoms with Crippen LogP contribution in [0.3, 0.4) is 0 Å². The van der Waals surface area contributed by atoms with Gasteiger partial charge in [-0.1, -0.05) is 54.2 Å². The van der Waals surface area contributed by atoms with E-state index in [1.54, 1.807) is 24.3 Å². The van der Waals surface area contributed by atoms with Gasteiger partial charge in [0.05, 0.1) is 27.5 Å². The smallest absolute Gasteiger partial charge is 0.237 e. The maximum Gasteiger partial charge on any atom is 0.237 e. The van der Waals surface area contributed by atoms with Crippen LogP contribution in [-0.2, 0) is 4.79 Å². The number of hydrogen-bond donors (Lipinski definition) is 1. The Morgan fingerprint density at radius 1 is 1.03 bits per heavy atom. The molecule has 142 valence electrons. The summed E-state index contributed by atoms with van der Waals surface area (Å²) < 4.78 is 2.06. The fraction of sp³-hybridized carbons (Fsp3) is 0.0870. The fourth-order valence-corrected chi connectivity index (χ4v) is 3.99. The normalized spacial score (nSPS) is 11.7. The molecule has 0 spiro atoms. The number of thioether (sulfide) groups is 1. The molecule has 0 aliphatic rings. The lowest BCUT2D eigenvalue weighted by Gasteiger charge is -2.14. The van der Waals surface area contributed by atoms with Crippen LogP contribution in [0.4, 0.5) is 5.69 Å². The molecule has 4 aromatic rings. The minimum Gasteiger partial charge on any atom is -0.324 e. The minimum absolute atomic E-state index is 0.177. The molecule has 1 atom stereocenters. The Bertz CT molecular complexity index is 1210. The molecule has 0 bridgehead atoms. The topological polar surface area (TPSA) is 70.7 Å². The van der Waals surface area contributed by atoms with Crippen LogP contribution in [0.1, 0.15) is 12.5 Å². The first-order valence-electron chi connectivity index (χ1n) is 9.17. The van der Waals surface area contributed by atoms with E-state index in [0.29, 0.717) is 11.3 Å². The second kappa shape index (κ2) is 8.21. The molecule has 6 heteroatoms. The molecule has 29 heavy (non-hydrogen) atoms. The van der Waals surface area contributed by atoms with Crippen LogP contribution in [0.5, 0.6) is 0 Å². The highest BCUT2D eigenvalue weighted by atomic mass is 32.2. The maximum absolute atomic E-state index is 12.8. The van der Waals surface area contributed by atoms with Crippen molar-refractivity contribution in [3.8, 4) is 11.8 Å². The van der Waals surface area contributed by atoms with E-state index in [1.165, 1.54) is 11.8 Å². The molecule has 1 amide bonds. The lowest BCUT2D eigenvalue weighted by atomic mass is 10.2. The molecule has 4 rings (SSSR count). The number of imidazole rings is 1. The van der Waals surface area contributed by atoms with Crippen LogP contribution in [-0.4, -0.2) is 20.7 Å². The summed E-state index contributed by atoms with van der Waals surface area (Å²) in [7, 11) is 0. The Morgan fingerprint density at radius 2 is 1.72 bits per heavy atom. The van der Waals surface area contributed by atoms with Gasteiger partial charge >= 0.3 is 0 Å². The Balaban J connectivity index is 1.64. The molecule has 1 unspecified atom stereocenters. The second-order valence-corrected chi connectivity index (χ2v) is 7.77. The van der Waals surface area contributed by atoms with E-state index >= 15 is 0 Å². The van der Waals surface area contributed by atoms with Gasteiger partial charge in [0.1, 0.15) is 6.07 Å². The number of para-hydroxylation sites is 4. The van der Waals surface area contributed by atoms with Gasteiger partial charge in [-0.3, -0.25) is 9.36 Å². The molecule has 1 aromatic heterocycles. The third-order valence-electron chi connectivity index (χ3n) is 4.50. The molecule has 0 radical (unpaired) electrons. The van der Waals surface area contributed by atoms with Crippen molar-refractivity contribution in [3.63, 3.8) is 0 Å². The fourth-order valence-electron chi connectivity index (χ4n) is 3.05. The Labute approximate surface area is 173 Å². The molecular formula is C23H18N4OS. The predicted octanol–water partition coefficient (Wildman–Crippen LogP) is 5.02. The number of benzene rings is 3. The van der Waals surface area contributed by atoms with Crippen LogP contribution in [0.2, 0.25) is 0 Å². The van der Waals surface area contributed by atoms with Gasteiger partial charge in [0.25, 0.3) is 0 Å². The predicted molar refractivity (Wildman–Crippen MR) is 116 cm³/mol. The molecule has 0 saturated carbocycles. The Morgan fingerprint density at radius 3 is 2.52 bits per heavy atom. The van der Waals surface area contributed by atoms with Gasteiger partial charge in [0.2, 0.25) is 5.91 Å². The number of nitriles is 1. The van der Waals surface area contributed by atoms with E-state index < -0.39 is 5.25 Å². The summed E-state index contributed by atoms with van der Waals surface area (Å²) in [4.78, 5) is 17.5. The van der Waals surface area contributed by atoms with Gasteiger partial charge in [0.15, 0.2) is 5.16 Å². The van der Waals surface area contributed by atoms with Crippen molar-refractivity contribution < 1.29 is 4.79 Å². The number of fused-ring (bicyclic) bond motifs is 1. The quantitative estimate of drug-likeness (QED) is 0.479. The van der Waals surface area contributed by atoms with Gasteiger partial charge < -0.3 is 5.32 Å². The maximum atomic E-state index is 12.8. The largest absolute Gasteiger partial charge is 0.324 e. The SMILES string of the molecule is CC(Sc1nc2ccccc2n1-c1ccccc1)C(=O)Nc1ccccc1C#N. The van der Waals surface area contributed by atoms with Crippen molar-refractivity contribution in [1.29, 1.82) is 5.26 Å². The Kier molecular flexibility index (Phi) is 5.32. The van der Waals surface area contributed by atoms with E-state index in [1.807, 2.05) is 61.5 Å². The van der Waals surface area contributed by atoms with Crippen LogP contribution in [0, 0.1) is 11.3 Å². The summed E-state index contributed by atoms with van der Waals surface area (Å²) in [6, 6.07) is 27.0. The molecule has 3 aromatic carbocycles. The summed E-state index contributed by atoms with van der Waals surface area (Å²) in [6.45, 7) is 1.84. The number of carbonyl (C=O) groups is 1. The highest BCUT2D eigenvalue weighted by molar-refractivity contribution is 8.00. The van der Waals surface area contributed by atoms with Crippen LogP contribution in [0.25, 0.3) is 16.7 Å². The monoisotopic (exact) mass is 398 g/mol. The molecule has 0 aliphatic carbocycles. The van der Waals surface area contributed by atoms with Crippen LogP contribution >= 0.6 is 11.8 Å². The van der Waals surface area contributed by atoms with Crippen LogP contribution < -0.4 is 5.32 Å². The number of carbonyl (C=O) groups excluding carboxylic acids is 1. The number of nitrogens with zero attached hydrogens (tertiary/aromatic N) is 3. The average Bonchev–Trinajstić information content (AvgIpc) is 3.12. The first-order chi connectivity index (χ1) is 14.2. The van der Waals surface area contributed by atoms with Crippen molar-refractivity contribution in [1.82, 2.24) is 9.55 Å². The summed E-state index contributed by atoms with van der Waals surface area (Å²) in [5, 5.41) is 12.4. The molecular weight excluding hydrogens is 380 g/mol. The number of anilines is 1. The number of amides is 1. The van der Waals surface area contributed by atoms with Crippen molar-refractivity contribution in [3.05, 3.63) is 84.4 Å². The number of rotatable bonds is 5. The molecule has 0 aliphatic heterocycles. The van der Waals surface area contributed by atoms with Gasteiger partial charge in [0, 0.05) is 5.69 Å². The molecule has 0 saturated heterocycles. The zero-order valence-electron chi connectivity index (χ0n) is 15.7. The van der Waals surface area contributed by atoms with E-state index in [2.05, 4.69) is 16.0 Å².